The molecular weight excluding hydrogens is 273 g/mol. The first-order chi connectivity index (χ1) is 8.35. The molecule has 0 aliphatic carbocycles. The van der Waals surface area contributed by atoms with E-state index in [1.165, 1.54) is 6.08 Å². The largest absolute Gasteiger partial charge is 0.394 e. The molecule has 98 valence electrons. The summed E-state index contributed by atoms with van der Waals surface area (Å²) in [6, 6.07) is 5.19. The van der Waals surface area contributed by atoms with E-state index < -0.39 is 5.54 Å². The van der Waals surface area contributed by atoms with Gasteiger partial charge in [-0.2, -0.15) is 0 Å². The second kappa shape index (κ2) is 6.23. The van der Waals surface area contributed by atoms with Gasteiger partial charge in [0.05, 0.1) is 22.2 Å². The third kappa shape index (κ3) is 4.33. The molecule has 0 aliphatic rings. The molecule has 0 aliphatic heterocycles. The van der Waals surface area contributed by atoms with Gasteiger partial charge >= 0.3 is 0 Å². The molecule has 0 heterocycles. The summed E-state index contributed by atoms with van der Waals surface area (Å²) in [5.41, 5.74) is 0.0145. The van der Waals surface area contributed by atoms with Crippen molar-refractivity contribution in [2.75, 3.05) is 6.61 Å². The van der Waals surface area contributed by atoms with E-state index in [0.717, 1.165) is 0 Å². The van der Waals surface area contributed by atoms with Crippen LogP contribution in [0.1, 0.15) is 19.4 Å². The fourth-order valence-corrected chi connectivity index (χ4v) is 1.60. The Hall–Kier alpha value is -1.03. The van der Waals surface area contributed by atoms with Crippen LogP contribution >= 0.6 is 23.2 Å². The summed E-state index contributed by atoms with van der Waals surface area (Å²) in [6.45, 7) is 3.32. The molecular formula is C13H15Cl2NO2. The van der Waals surface area contributed by atoms with E-state index in [0.29, 0.717) is 15.6 Å². The lowest BCUT2D eigenvalue weighted by molar-refractivity contribution is -0.118. The van der Waals surface area contributed by atoms with Gasteiger partial charge in [-0.25, -0.2) is 0 Å². The quantitative estimate of drug-likeness (QED) is 0.837. The maximum atomic E-state index is 11.6. The van der Waals surface area contributed by atoms with Crippen molar-refractivity contribution in [3.8, 4) is 0 Å². The zero-order valence-electron chi connectivity index (χ0n) is 10.2. The molecule has 2 N–H and O–H groups in total. The van der Waals surface area contributed by atoms with Gasteiger partial charge in [-0.15, -0.1) is 0 Å². The Morgan fingerprint density at radius 3 is 2.72 bits per heavy atom. The van der Waals surface area contributed by atoms with Crippen LogP contribution in [0.4, 0.5) is 0 Å². The average Bonchev–Trinajstić information content (AvgIpc) is 2.30. The van der Waals surface area contributed by atoms with E-state index in [1.807, 2.05) is 0 Å². The van der Waals surface area contributed by atoms with Crippen molar-refractivity contribution in [3.05, 3.63) is 39.9 Å². The molecule has 3 nitrogen and oxygen atoms in total. The minimum atomic E-state index is -0.653. The van der Waals surface area contributed by atoms with Crippen LogP contribution < -0.4 is 5.32 Å². The smallest absolute Gasteiger partial charge is 0.244 e. The van der Waals surface area contributed by atoms with Crippen molar-refractivity contribution in [2.45, 2.75) is 19.4 Å². The molecule has 1 rings (SSSR count). The predicted octanol–water partition coefficient (Wildman–Crippen LogP) is 2.89. The van der Waals surface area contributed by atoms with Gasteiger partial charge in [0.1, 0.15) is 0 Å². The summed E-state index contributed by atoms with van der Waals surface area (Å²) in [6.07, 6.45) is 2.94. The minimum absolute atomic E-state index is 0.134. The van der Waals surface area contributed by atoms with Crippen molar-refractivity contribution in [1.82, 2.24) is 5.32 Å². The molecule has 18 heavy (non-hydrogen) atoms. The topological polar surface area (TPSA) is 49.3 Å². The molecule has 0 atom stereocenters. The average molecular weight is 288 g/mol. The van der Waals surface area contributed by atoms with Crippen molar-refractivity contribution in [3.63, 3.8) is 0 Å². The van der Waals surface area contributed by atoms with Crippen LogP contribution in [0.15, 0.2) is 24.3 Å². The van der Waals surface area contributed by atoms with Gasteiger partial charge in [-0.05, 0) is 31.6 Å². The third-order valence-electron chi connectivity index (χ3n) is 2.25. The SMILES string of the molecule is CC(C)(CO)NC(=O)/C=C/c1cccc(Cl)c1Cl. The number of nitrogens with one attached hydrogen (secondary N) is 1. The lowest BCUT2D eigenvalue weighted by Gasteiger charge is -2.22. The van der Waals surface area contributed by atoms with Crippen LogP contribution in [0.5, 0.6) is 0 Å². The van der Waals surface area contributed by atoms with Crippen LogP contribution in [0, 0.1) is 0 Å². The van der Waals surface area contributed by atoms with Crippen molar-refractivity contribution in [2.24, 2.45) is 0 Å². The van der Waals surface area contributed by atoms with Gasteiger partial charge < -0.3 is 10.4 Å². The second-order valence-corrected chi connectivity index (χ2v) is 5.29. The monoisotopic (exact) mass is 287 g/mol. The first kappa shape index (κ1) is 15.0. The number of halogens is 2. The fraction of sp³-hybridized carbons (Fsp3) is 0.308. The van der Waals surface area contributed by atoms with E-state index in [-0.39, 0.29) is 12.5 Å². The Bertz CT molecular complexity index is 470. The highest BCUT2D eigenvalue weighted by Crippen LogP contribution is 2.26. The van der Waals surface area contributed by atoms with Crippen molar-refractivity contribution in [1.29, 1.82) is 0 Å². The van der Waals surface area contributed by atoms with Gasteiger partial charge in [-0.1, -0.05) is 35.3 Å². The Kier molecular flexibility index (Phi) is 5.20. The van der Waals surface area contributed by atoms with E-state index in [2.05, 4.69) is 5.32 Å². The standard InChI is InChI=1S/C13H15Cl2NO2/c1-13(2,8-17)16-11(18)7-6-9-4-3-5-10(14)12(9)15/h3-7,17H,8H2,1-2H3,(H,16,18)/b7-6+. The van der Waals surface area contributed by atoms with Crippen LogP contribution in [0.3, 0.4) is 0 Å². The lowest BCUT2D eigenvalue weighted by Crippen LogP contribution is -2.45. The fourth-order valence-electron chi connectivity index (χ4n) is 1.23. The summed E-state index contributed by atoms with van der Waals surface area (Å²) >= 11 is 11.8. The molecule has 0 unspecified atom stereocenters. The maximum Gasteiger partial charge on any atom is 0.244 e. The first-order valence-corrected chi connectivity index (χ1v) is 6.16. The van der Waals surface area contributed by atoms with Crippen LogP contribution in [0.25, 0.3) is 6.08 Å². The number of amides is 1. The number of hydrogen-bond acceptors (Lipinski definition) is 2. The first-order valence-electron chi connectivity index (χ1n) is 5.41. The second-order valence-electron chi connectivity index (χ2n) is 4.51. The highest BCUT2D eigenvalue weighted by Gasteiger charge is 2.17. The number of aliphatic hydroxyl groups excluding tert-OH is 1. The van der Waals surface area contributed by atoms with Crippen LogP contribution in [-0.4, -0.2) is 23.2 Å². The normalized spacial score (nSPS) is 11.8. The van der Waals surface area contributed by atoms with Gasteiger partial charge in [0.15, 0.2) is 0 Å². The Balaban J connectivity index is 2.76. The third-order valence-corrected chi connectivity index (χ3v) is 3.09. The highest BCUT2D eigenvalue weighted by molar-refractivity contribution is 6.42. The molecule has 0 fully saturated rings. The zero-order valence-corrected chi connectivity index (χ0v) is 11.7. The summed E-state index contributed by atoms with van der Waals surface area (Å²) in [5, 5.41) is 12.5. The van der Waals surface area contributed by atoms with E-state index in [4.69, 9.17) is 28.3 Å². The Morgan fingerprint density at radius 2 is 2.11 bits per heavy atom. The van der Waals surface area contributed by atoms with Crippen molar-refractivity contribution < 1.29 is 9.90 Å². The minimum Gasteiger partial charge on any atom is -0.394 e. The summed E-state index contributed by atoms with van der Waals surface area (Å²) in [5.74, 6) is -0.301. The van der Waals surface area contributed by atoms with Gasteiger partial charge in [0.2, 0.25) is 5.91 Å². The van der Waals surface area contributed by atoms with Crippen molar-refractivity contribution >= 4 is 35.2 Å². The molecule has 0 saturated carbocycles. The summed E-state index contributed by atoms with van der Waals surface area (Å²) < 4.78 is 0. The molecule has 0 aromatic heterocycles. The number of hydrogen-bond donors (Lipinski definition) is 2. The Morgan fingerprint density at radius 1 is 1.44 bits per heavy atom. The predicted molar refractivity (Wildman–Crippen MR) is 74.8 cm³/mol. The van der Waals surface area contributed by atoms with E-state index in [9.17, 15) is 4.79 Å². The van der Waals surface area contributed by atoms with E-state index in [1.54, 1.807) is 38.1 Å². The highest BCUT2D eigenvalue weighted by atomic mass is 35.5. The molecule has 0 radical (unpaired) electrons. The van der Waals surface area contributed by atoms with Crippen LogP contribution in [-0.2, 0) is 4.79 Å². The van der Waals surface area contributed by atoms with Gasteiger partial charge in [-0.3, -0.25) is 4.79 Å². The number of carbonyl (C=O) groups is 1. The number of carbonyl (C=O) groups excluding carboxylic acids is 1. The van der Waals surface area contributed by atoms with Gasteiger partial charge in [0.25, 0.3) is 0 Å². The van der Waals surface area contributed by atoms with Crippen LogP contribution in [0.2, 0.25) is 10.0 Å². The van der Waals surface area contributed by atoms with E-state index >= 15 is 0 Å². The number of benzene rings is 1. The zero-order chi connectivity index (χ0) is 13.8. The molecule has 5 heteroatoms. The number of rotatable bonds is 4. The summed E-state index contributed by atoms with van der Waals surface area (Å²) in [7, 11) is 0. The molecule has 1 aromatic rings. The number of aliphatic hydroxyl groups is 1. The molecule has 0 saturated heterocycles. The Labute approximate surface area is 116 Å². The molecule has 0 bridgehead atoms. The van der Waals surface area contributed by atoms with Gasteiger partial charge in [0, 0.05) is 6.08 Å². The molecule has 1 amide bonds. The maximum absolute atomic E-state index is 11.6. The summed E-state index contributed by atoms with van der Waals surface area (Å²) in [4.78, 5) is 11.6. The molecule has 0 spiro atoms. The lowest BCUT2D eigenvalue weighted by atomic mass is 10.1. The molecule has 1 aromatic carbocycles.